The predicted octanol–water partition coefficient (Wildman–Crippen LogP) is 5.33. The minimum atomic E-state index is -0.383. The number of rotatable bonds is 6. The summed E-state index contributed by atoms with van der Waals surface area (Å²) in [5, 5.41) is 0. The van der Waals surface area contributed by atoms with Crippen molar-refractivity contribution in [2.45, 2.75) is 13.5 Å². The molecule has 0 aliphatic heterocycles. The van der Waals surface area contributed by atoms with E-state index in [-0.39, 0.29) is 18.1 Å². The molecule has 0 aliphatic carbocycles. The largest absolute Gasteiger partial charge is 0.496 e. The van der Waals surface area contributed by atoms with E-state index in [1.165, 1.54) is 6.07 Å². The summed E-state index contributed by atoms with van der Waals surface area (Å²) in [6, 6.07) is 10.6. The van der Waals surface area contributed by atoms with Gasteiger partial charge in [-0.05, 0) is 58.7 Å². The fourth-order valence-corrected chi connectivity index (χ4v) is 3.16. The summed E-state index contributed by atoms with van der Waals surface area (Å²) in [7, 11) is 1.58. The maximum Gasteiger partial charge on any atom is 0.148 e. The van der Waals surface area contributed by atoms with Crippen LogP contribution in [0, 0.1) is 12.7 Å². The van der Waals surface area contributed by atoms with E-state index in [4.69, 9.17) is 9.47 Å². The number of aromatic nitrogens is 4. The first-order chi connectivity index (χ1) is 14.5. The van der Waals surface area contributed by atoms with Crippen molar-refractivity contribution < 1.29 is 13.9 Å². The molecule has 0 fully saturated rings. The summed E-state index contributed by atoms with van der Waals surface area (Å²) < 4.78 is 26.0. The van der Waals surface area contributed by atoms with E-state index in [2.05, 4.69) is 35.9 Å². The molecule has 0 radical (unpaired) electrons. The van der Waals surface area contributed by atoms with Crippen LogP contribution in [0.1, 0.15) is 11.3 Å². The number of aromatic amines is 1. The van der Waals surface area contributed by atoms with E-state index in [1.807, 2.05) is 18.2 Å². The number of ether oxygens (including phenoxy) is 2. The van der Waals surface area contributed by atoms with Gasteiger partial charge in [0.05, 0.1) is 19.0 Å². The summed E-state index contributed by atoms with van der Waals surface area (Å²) in [6.07, 6.45) is 5.09. The molecule has 0 unspecified atom stereocenters. The number of aryl methyl sites for hydroxylation is 1. The third-order valence-electron chi connectivity index (χ3n) is 4.47. The lowest BCUT2D eigenvalue weighted by atomic mass is 10.1. The van der Waals surface area contributed by atoms with E-state index in [1.54, 1.807) is 44.8 Å². The molecule has 30 heavy (non-hydrogen) atoms. The average molecular weight is 469 g/mol. The summed E-state index contributed by atoms with van der Waals surface area (Å²) in [5.41, 5.74) is 3.51. The number of benzene rings is 1. The average Bonchev–Trinajstić information content (AvgIpc) is 3.23. The first-order valence-electron chi connectivity index (χ1n) is 9.12. The van der Waals surface area contributed by atoms with Crippen molar-refractivity contribution in [1.29, 1.82) is 0 Å². The molecule has 3 aromatic heterocycles. The molecule has 3 heterocycles. The van der Waals surface area contributed by atoms with Crippen LogP contribution in [0.2, 0.25) is 0 Å². The fraction of sp³-hybridized carbons (Fsp3) is 0.136. The van der Waals surface area contributed by atoms with Gasteiger partial charge in [-0.3, -0.25) is 4.98 Å². The van der Waals surface area contributed by atoms with Crippen LogP contribution < -0.4 is 9.47 Å². The molecule has 1 aromatic carbocycles. The first-order valence-corrected chi connectivity index (χ1v) is 9.92. The maximum atomic E-state index is 14.0. The lowest BCUT2D eigenvalue weighted by Gasteiger charge is -2.11. The van der Waals surface area contributed by atoms with E-state index in [9.17, 15) is 4.39 Å². The lowest BCUT2D eigenvalue weighted by Crippen LogP contribution is -2.02. The molecule has 0 saturated heterocycles. The van der Waals surface area contributed by atoms with Gasteiger partial charge in [-0.1, -0.05) is 0 Å². The van der Waals surface area contributed by atoms with Gasteiger partial charge in [0.2, 0.25) is 0 Å². The van der Waals surface area contributed by atoms with Crippen LogP contribution in [-0.2, 0) is 6.61 Å². The SMILES string of the molecule is COc1cc(OCc2ncc(C)cc2F)ccc1-c1cnc(-c2ccc(Br)nc2)[nH]1. The molecule has 8 heteroatoms. The van der Waals surface area contributed by atoms with Crippen molar-refractivity contribution in [1.82, 2.24) is 19.9 Å². The molecule has 0 spiro atoms. The van der Waals surface area contributed by atoms with Crippen molar-refractivity contribution in [3.63, 3.8) is 0 Å². The van der Waals surface area contributed by atoms with E-state index >= 15 is 0 Å². The Bertz CT molecular complexity index is 1180. The highest BCUT2D eigenvalue weighted by Crippen LogP contribution is 2.33. The molecule has 0 amide bonds. The molecule has 152 valence electrons. The molecular formula is C22H18BrFN4O2. The predicted molar refractivity (Wildman–Crippen MR) is 115 cm³/mol. The van der Waals surface area contributed by atoms with E-state index < -0.39 is 0 Å². The number of methoxy groups -OCH3 is 1. The summed E-state index contributed by atoms with van der Waals surface area (Å²) >= 11 is 3.33. The topological polar surface area (TPSA) is 72.9 Å². The van der Waals surface area contributed by atoms with E-state index in [0.717, 1.165) is 27.0 Å². The van der Waals surface area contributed by atoms with Crippen LogP contribution in [0.4, 0.5) is 4.39 Å². The van der Waals surface area contributed by atoms with Crippen LogP contribution in [0.15, 0.2) is 59.6 Å². The van der Waals surface area contributed by atoms with Crippen molar-refractivity contribution in [3.8, 4) is 34.1 Å². The lowest BCUT2D eigenvalue weighted by molar-refractivity contribution is 0.292. The van der Waals surface area contributed by atoms with Gasteiger partial charge in [0.15, 0.2) is 0 Å². The third-order valence-corrected chi connectivity index (χ3v) is 4.94. The van der Waals surface area contributed by atoms with Gasteiger partial charge in [0.25, 0.3) is 0 Å². The summed E-state index contributed by atoms with van der Waals surface area (Å²) in [4.78, 5) is 16.0. The molecular weight excluding hydrogens is 451 g/mol. The Morgan fingerprint density at radius 3 is 2.63 bits per heavy atom. The zero-order valence-corrected chi connectivity index (χ0v) is 17.9. The van der Waals surface area contributed by atoms with Gasteiger partial charge < -0.3 is 14.5 Å². The Labute approximate surface area is 181 Å². The standard InChI is InChI=1S/C22H18BrFN4O2/c1-13-7-17(24)19(25-9-13)12-30-15-4-5-16(20(8-15)29-2)18-11-27-22(28-18)14-3-6-21(23)26-10-14/h3-11H,12H2,1-2H3,(H,27,28). The highest BCUT2D eigenvalue weighted by molar-refractivity contribution is 9.10. The van der Waals surface area contributed by atoms with Gasteiger partial charge in [-0.15, -0.1) is 0 Å². The van der Waals surface area contributed by atoms with E-state index in [0.29, 0.717) is 17.3 Å². The molecule has 0 aliphatic rings. The Hall–Kier alpha value is -3.26. The molecule has 0 atom stereocenters. The monoisotopic (exact) mass is 468 g/mol. The number of nitrogens with zero attached hydrogens (tertiary/aromatic N) is 3. The summed E-state index contributed by atoms with van der Waals surface area (Å²) in [6.45, 7) is 1.82. The smallest absolute Gasteiger partial charge is 0.148 e. The van der Waals surface area contributed by atoms with Crippen LogP contribution in [0.5, 0.6) is 11.5 Å². The van der Waals surface area contributed by atoms with Crippen molar-refractivity contribution in [3.05, 3.63) is 76.7 Å². The van der Waals surface area contributed by atoms with Gasteiger partial charge in [0, 0.05) is 29.6 Å². The number of halogens is 2. The third kappa shape index (κ3) is 4.33. The molecule has 1 N–H and O–H groups in total. The second-order valence-corrected chi connectivity index (χ2v) is 7.42. The minimum Gasteiger partial charge on any atom is -0.496 e. The van der Waals surface area contributed by atoms with Gasteiger partial charge >= 0.3 is 0 Å². The van der Waals surface area contributed by atoms with Gasteiger partial charge in [-0.2, -0.15) is 0 Å². The number of hydrogen-bond acceptors (Lipinski definition) is 5. The number of nitrogens with one attached hydrogen (secondary N) is 1. The quantitative estimate of drug-likeness (QED) is 0.387. The normalized spacial score (nSPS) is 10.8. The zero-order valence-electron chi connectivity index (χ0n) is 16.3. The molecule has 4 aromatic rings. The molecule has 0 saturated carbocycles. The summed E-state index contributed by atoms with van der Waals surface area (Å²) in [5.74, 6) is 1.47. The van der Waals surface area contributed by atoms with Crippen molar-refractivity contribution in [2.75, 3.05) is 7.11 Å². The second kappa shape index (κ2) is 8.62. The van der Waals surface area contributed by atoms with Gasteiger partial charge in [0.1, 0.15) is 40.0 Å². The number of pyridine rings is 2. The second-order valence-electron chi connectivity index (χ2n) is 6.61. The fourth-order valence-electron chi connectivity index (χ4n) is 2.92. The highest BCUT2D eigenvalue weighted by atomic mass is 79.9. The number of hydrogen-bond donors (Lipinski definition) is 1. The number of imidazole rings is 1. The highest BCUT2D eigenvalue weighted by Gasteiger charge is 2.13. The molecule has 4 rings (SSSR count). The zero-order chi connectivity index (χ0) is 21.1. The molecule has 6 nitrogen and oxygen atoms in total. The first kappa shape index (κ1) is 20.0. The van der Waals surface area contributed by atoms with Crippen LogP contribution in [0.25, 0.3) is 22.6 Å². The van der Waals surface area contributed by atoms with Crippen molar-refractivity contribution >= 4 is 15.9 Å². The molecule has 0 bridgehead atoms. The van der Waals surface area contributed by atoms with Crippen LogP contribution in [-0.4, -0.2) is 27.0 Å². The van der Waals surface area contributed by atoms with Crippen LogP contribution in [0.3, 0.4) is 0 Å². The minimum absolute atomic E-state index is 0.0272. The van der Waals surface area contributed by atoms with Crippen molar-refractivity contribution in [2.24, 2.45) is 0 Å². The Morgan fingerprint density at radius 2 is 1.90 bits per heavy atom. The number of H-pyrrole nitrogens is 1. The van der Waals surface area contributed by atoms with Crippen LogP contribution >= 0.6 is 15.9 Å². The Morgan fingerprint density at radius 1 is 1.03 bits per heavy atom. The Kier molecular flexibility index (Phi) is 5.76. The van der Waals surface area contributed by atoms with Gasteiger partial charge in [-0.25, -0.2) is 14.4 Å². The Balaban J connectivity index is 1.54. The maximum absolute atomic E-state index is 14.0.